The minimum atomic E-state index is -0.391. The van der Waals surface area contributed by atoms with Gasteiger partial charge in [0, 0.05) is 11.7 Å². The van der Waals surface area contributed by atoms with Gasteiger partial charge in [-0.1, -0.05) is 11.6 Å². The Kier molecular flexibility index (Phi) is 4.52. The molecule has 3 N–H and O–H groups in total. The summed E-state index contributed by atoms with van der Waals surface area (Å²) in [5.41, 5.74) is 0.842. The first kappa shape index (κ1) is 15.4. The number of hydrogen-bond acceptors (Lipinski definition) is 3. The molecule has 1 aliphatic carbocycles. The fraction of sp³-hybridized carbons (Fsp3) is 0.250. The molecule has 23 heavy (non-hydrogen) atoms. The summed E-state index contributed by atoms with van der Waals surface area (Å²) in [6, 6.07) is 8.16. The zero-order chi connectivity index (χ0) is 16.2. The van der Waals surface area contributed by atoms with E-state index in [1.807, 2.05) is 0 Å². The molecule has 0 unspecified atom stereocenters. The quantitative estimate of drug-likeness (QED) is 0.786. The second-order valence-corrected chi connectivity index (χ2v) is 5.74. The highest BCUT2D eigenvalue weighted by Crippen LogP contribution is 2.23. The summed E-state index contributed by atoms with van der Waals surface area (Å²) < 4.78 is 5.13. The van der Waals surface area contributed by atoms with Crippen LogP contribution in [0.3, 0.4) is 0 Å². The summed E-state index contributed by atoms with van der Waals surface area (Å²) in [5, 5.41) is 8.55. The number of carbonyl (C=O) groups is 2. The number of amides is 3. The van der Waals surface area contributed by atoms with Crippen molar-refractivity contribution in [3.63, 3.8) is 0 Å². The van der Waals surface area contributed by atoms with Crippen molar-refractivity contribution >= 4 is 29.2 Å². The maximum Gasteiger partial charge on any atom is 0.319 e. The lowest BCUT2D eigenvalue weighted by Crippen LogP contribution is -2.28. The standard InChI is InChI=1S/C16H16ClN3O3/c17-14-6-5-11(8-13(14)15(21)19-10-3-4-10)20-16(22)18-9-12-2-1-7-23-12/h1-2,5-8,10H,3-4,9H2,(H,19,21)(H2,18,20,22). The van der Waals surface area contributed by atoms with Crippen LogP contribution in [0.25, 0.3) is 0 Å². The van der Waals surface area contributed by atoms with Crippen LogP contribution in [0.15, 0.2) is 41.0 Å². The van der Waals surface area contributed by atoms with Crippen LogP contribution in [0.4, 0.5) is 10.5 Å². The predicted octanol–water partition coefficient (Wildman–Crippen LogP) is 3.15. The lowest BCUT2D eigenvalue weighted by atomic mass is 10.2. The third-order valence-corrected chi connectivity index (χ3v) is 3.71. The van der Waals surface area contributed by atoms with Gasteiger partial charge in [0.1, 0.15) is 5.76 Å². The summed E-state index contributed by atoms with van der Waals surface area (Å²) in [6.07, 6.45) is 3.53. The van der Waals surface area contributed by atoms with E-state index in [0.29, 0.717) is 22.0 Å². The second-order valence-electron chi connectivity index (χ2n) is 5.33. The molecule has 1 aromatic heterocycles. The van der Waals surface area contributed by atoms with Crippen molar-refractivity contribution in [2.24, 2.45) is 0 Å². The van der Waals surface area contributed by atoms with Crippen molar-refractivity contribution in [1.29, 1.82) is 0 Å². The number of urea groups is 1. The average Bonchev–Trinajstić information content (AvgIpc) is 3.18. The number of carbonyl (C=O) groups excluding carboxylic acids is 2. The lowest BCUT2D eigenvalue weighted by molar-refractivity contribution is 0.0951. The van der Waals surface area contributed by atoms with E-state index < -0.39 is 6.03 Å². The Labute approximate surface area is 138 Å². The van der Waals surface area contributed by atoms with E-state index in [-0.39, 0.29) is 18.5 Å². The van der Waals surface area contributed by atoms with Crippen LogP contribution in [-0.2, 0) is 6.54 Å². The number of rotatable bonds is 5. The molecule has 1 saturated carbocycles. The Hall–Kier alpha value is -2.47. The van der Waals surface area contributed by atoms with Crippen LogP contribution < -0.4 is 16.0 Å². The lowest BCUT2D eigenvalue weighted by Gasteiger charge is -2.10. The SMILES string of the molecule is O=C(NCc1ccco1)Nc1ccc(Cl)c(C(=O)NC2CC2)c1. The van der Waals surface area contributed by atoms with E-state index in [0.717, 1.165) is 12.8 Å². The molecule has 0 radical (unpaired) electrons. The van der Waals surface area contributed by atoms with Crippen LogP contribution >= 0.6 is 11.6 Å². The van der Waals surface area contributed by atoms with Crippen molar-refractivity contribution in [1.82, 2.24) is 10.6 Å². The monoisotopic (exact) mass is 333 g/mol. The van der Waals surface area contributed by atoms with Crippen molar-refractivity contribution in [2.45, 2.75) is 25.4 Å². The molecule has 0 atom stereocenters. The smallest absolute Gasteiger partial charge is 0.319 e. The van der Waals surface area contributed by atoms with Gasteiger partial charge in [0.25, 0.3) is 5.91 Å². The van der Waals surface area contributed by atoms with Crippen LogP contribution in [-0.4, -0.2) is 18.0 Å². The summed E-state index contributed by atoms with van der Waals surface area (Å²) in [6.45, 7) is 0.279. The molecule has 0 aliphatic heterocycles. The van der Waals surface area contributed by atoms with E-state index in [9.17, 15) is 9.59 Å². The maximum atomic E-state index is 12.1. The number of furan rings is 1. The molecule has 6 nitrogen and oxygen atoms in total. The molecule has 7 heteroatoms. The first-order chi connectivity index (χ1) is 11.1. The predicted molar refractivity (Wildman–Crippen MR) is 86.5 cm³/mol. The van der Waals surface area contributed by atoms with Gasteiger partial charge in [-0.3, -0.25) is 4.79 Å². The fourth-order valence-electron chi connectivity index (χ4n) is 2.02. The van der Waals surface area contributed by atoms with Gasteiger partial charge in [-0.2, -0.15) is 0 Å². The molecule has 1 aliphatic rings. The molecule has 1 fully saturated rings. The molecule has 3 amide bonds. The Balaban J connectivity index is 1.60. The zero-order valence-corrected chi connectivity index (χ0v) is 13.0. The van der Waals surface area contributed by atoms with E-state index in [4.69, 9.17) is 16.0 Å². The third-order valence-electron chi connectivity index (χ3n) is 3.38. The molecule has 1 heterocycles. The Morgan fingerprint density at radius 1 is 1.26 bits per heavy atom. The highest BCUT2D eigenvalue weighted by Gasteiger charge is 2.24. The van der Waals surface area contributed by atoms with Gasteiger partial charge in [0.15, 0.2) is 0 Å². The highest BCUT2D eigenvalue weighted by atomic mass is 35.5. The Morgan fingerprint density at radius 2 is 2.09 bits per heavy atom. The van der Waals surface area contributed by atoms with E-state index in [2.05, 4.69) is 16.0 Å². The third kappa shape index (κ3) is 4.26. The number of benzene rings is 1. The molecule has 0 saturated heterocycles. The molecule has 1 aromatic carbocycles. The summed E-state index contributed by atoms with van der Waals surface area (Å²) >= 11 is 6.06. The highest BCUT2D eigenvalue weighted by molar-refractivity contribution is 6.34. The molecule has 120 valence electrons. The molecule has 0 spiro atoms. The van der Waals surface area contributed by atoms with Gasteiger partial charge in [0.05, 0.1) is 23.4 Å². The number of anilines is 1. The Bertz CT molecular complexity index is 711. The van der Waals surface area contributed by atoms with Crippen molar-refractivity contribution in [2.75, 3.05) is 5.32 Å². The van der Waals surface area contributed by atoms with Gasteiger partial charge < -0.3 is 20.4 Å². The van der Waals surface area contributed by atoms with Gasteiger partial charge in [0.2, 0.25) is 0 Å². The fourth-order valence-corrected chi connectivity index (χ4v) is 2.23. The van der Waals surface area contributed by atoms with Crippen molar-refractivity contribution in [3.05, 3.63) is 52.9 Å². The normalized spacial score (nSPS) is 13.4. The largest absolute Gasteiger partial charge is 0.467 e. The number of halogens is 1. The van der Waals surface area contributed by atoms with Gasteiger partial charge in [-0.05, 0) is 43.2 Å². The van der Waals surface area contributed by atoms with Gasteiger partial charge in [-0.25, -0.2) is 4.79 Å². The summed E-state index contributed by atoms with van der Waals surface area (Å²) in [4.78, 5) is 24.0. The minimum absolute atomic E-state index is 0.225. The van der Waals surface area contributed by atoms with E-state index in [1.54, 1.807) is 36.6 Å². The maximum absolute atomic E-state index is 12.1. The van der Waals surface area contributed by atoms with E-state index >= 15 is 0 Å². The van der Waals surface area contributed by atoms with Crippen LogP contribution in [0.1, 0.15) is 29.0 Å². The van der Waals surface area contributed by atoms with Gasteiger partial charge in [-0.15, -0.1) is 0 Å². The van der Waals surface area contributed by atoms with Crippen LogP contribution in [0, 0.1) is 0 Å². The number of hydrogen-bond donors (Lipinski definition) is 3. The molecule has 2 aromatic rings. The average molecular weight is 334 g/mol. The molecular formula is C16H16ClN3O3. The molecule has 0 bridgehead atoms. The second kappa shape index (κ2) is 6.75. The summed E-state index contributed by atoms with van der Waals surface area (Å²) in [5.74, 6) is 0.429. The first-order valence-corrected chi connectivity index (χ1v) is 7.67. The van der Waals surface area contributed by atoms with Crippen molar-refractivity contribution < 1.29 is 14.0 Å². The molecular weight excluding hydrogens is 318 g/mol. The van der Waals surface area contributed by atoms with Gasteiger partial charge >= 0.3 is 6.03 Å². The van der Waals surface area contributed by atoms with Crippen LogP contribution in [0.2, 0.25) is 5.02 Å². The van der Waals surface area contributed by atoms with E-state index in [1.165, 1.54) is 0 Å². The Morgan fingerprint density at radius 3 is 2.78 bits per heavy atom. The first-order valence-electron chi connectivity index (χ1n) is 7.29. The zero-order valence-electron chi connectivity index (χ0n) is 12.3. The molecule has 3 rings (SSSR count). The topological polar surface area (TPSA) is 83.4 Å². The van der Waals surface area contributed by atoms with Crippen LogP contribution in [0.5, 0.6) is 0 Å². The van der Waals surface area contributed by atoms with Crippen molar-refractivity contribution in [3.8, 4) is 0 Å². The summed E-state index contributed by atoms with van der Waals surface area (Å²) in [7, 11) is 0. The number of nitrogens with one attached hydrogen (secondary N) is 3. The minimum Gasteiger partial charge on any atom is -0.467 e.